The highest BCUT2D eigenvalue weighted by Crippen LogP contribution is 2.31. The van der Waals surface area contributed by atoms with Gasteiger partial charge in [0.1, 0.15) is 74.8 Å². The largest absolute Gasteiger partial charge is 0.463 e. The van der Waals surface area contributed by atoms with Crippen molar-refractivity contribution in [2.24, 2.45) is 0 Å². The molecule has 5 aliphatic rings. The van der Waals surface area contributed by atoms with E-state index in [1.165, 1.54) is 34.6 Å². The molecule has 0 bridgehead atoms. The molecule has 0 aromatic carbocycles. The molecule has 34 nitrogen and oxygen atoms in total. The highest BCUT2D eigenvalue weighted by molar-refractivity contribution is 5.70. The van der Waals surface area contributed by atoms with Crippen LogP contribution in [0.3, 0.4) is 0 Å². The summed E-state index contributed by atoms with van der Waals surface area (Å²) < 4.78 is 80.4. The molecule has 5 fully saturated rings. The summed E-state index contributed by atoms with van der Waals surface area (Å²) in [6, 6.07) is 0. The monoisotopic (exact) mass is 1210 g/mol. The van der Waals surface area contributed by atoms with Crippen LogP contribution in [0.25, 0.3) is 0 Å². The molecule has 0 radical (unpaired) electrons. The smallest absolute Gasteiger partial charge is 0.305 e. The molecular formula is C49H76O34. The number of carbonyl (C=O) groups is 11. The van der Waals surface area contributed by atoms with Crippen molar-refractivity contribution in [3.05, 3.63) is 0 Å². The zero-order valence-electron chi connectivity index (χ0n) is 47.7. The van der Waals surface area contributed by atoms with Crippen LogP contribution in [0.4, 0.5) is 0 Å². The summed E-state index contributed by atoms with van der Waals surface area (Å²) in [5, 5.41) is 61.7. The summed E-state index contributed by atoms with van der Waals surface area (Å²) in [5.41, 5.74) is 0. The molecule has 2 unspecified atom stereocenters. The lowest BCUT2D eigenvalue weighted by Crippen LogP contribution is -2.42. The maximum atomic E-state index is 11.2. The van der Waals surface area contributed by atoms with E-state index in [2.05, 4.69) is 4.74 Å². The van der Waals surface area contributed by atoms with Crippen molar-refractivity contribution in [2.75, 3.05) is 33.0 Å². The number of carbonyl (C=O) groups excluding carboxylic acids is 11. The van der Waals surface area contributed by atoms with Crippen molar-refractivity contribution < 1.29 is 164 Å². The molecule has 5 rings (SSSR count). The maximum absolute atomic E-state index is 11.2. The van der Waals surface area contributed by atoms with Gasteiger partial charge in [0.05, 0.1) is 25.4 Å². The molecule has 34 heteroatoms. The van der Waals surface area contributed by atoms with Crippen molar-refractivity contribution in [1.29, 1.82) is 0 Å². The lowest BCUT2D eigenvalue weighted by molar-refractivity contribution is -0.197. The zero-order chi connectivity index (χ0) is 63.7. The second-order valence-corrected chi connectivity index (χ2v) is 18.3. The number of aliphatic hydroxyl groups is 7. The third-order valence-electron chi connectivity index (χ3n) is 11.1. The van der Waals surface area contributed by atoms with Gasteiger partial charge in [-0.25, -0.2) is 0 Å². The second kappa shape index (κ2) is 36.4. The Morgan fingerprint density at radius 3 is 0.807 bits per heavy atom. The van der Waals surface area contributed by atoms with Crippen LogP contribution in [0.15, 0.2) is 0 Å². The van der Waals surface area contributed by atoms with Gasteiger partial charge in [0.25, 0.3) is 0 Å². The van der Waals surface area contributed by atoms with Gasteiger partial charge in [0.2, 0.25) is 24.8 Å². The highest BCUT2D eigenvalue weighted by Gasteiger charge is 2.53. The molecule has 5 saturated heterocycles. The fraction of sp³-hybridized carbons (Fsp3) is 0.776. The van der Waals surface area contributed by atoms with E-state index in [0.717, 1.165) is 41.5 Å². The standard InChI is InChI=1S/2C13H18O9.C12H18O7.C6H12O4.C5H10O5/c2*1-6(14)18-5-10-11(19-7(2)15)12(20-8(3)16)13(22-10)21-9(4)17;1-6-11(18-8(3)14)12(19-9(4)15)10(17-6)5-16-7(2)13;1-3-5(8)6(9)4(2-7)10-3;6-1-2-3(7)4(8)5(9)10-2/h2*10-13H,5H2,1-4H3;6,10-12H,5H2,1-4H3;3-9H,2H2,1H3;2-9H,1H2/t10-,11-,12-,13?;10-,11-,12-,13+;6?,10-,11+,12-;3-,4-,5+,6-;2-,3-,4-,5+/m00000/s1. The first-order chi connectivity index (χ1) is 38.5. The van der Waals surface area contributed by atoms with Crippen molar-refractivity contribution in [1.82, 2.24) is 0 Å². The Morgan fingerprint density at radius 2 is 0.566 bits per heavy atom. The molecule has 0 amide bonds. The average Bonchev–Trinajstić information content (AvgIpc) is 4.22. The van der Waals surface area contributed by atoms with Crippen LogP contribution in [-0.4, -0.2) is 257 Å². The van der Waals surface area contributed by atoms with Gasteiger partial charge in [-0.05, 0) is 13.8 Å². The van der Waals surface area contributed by atoms with Gasteiger partial charge in [-0.3, -0.25) is 52.7 Å². The molecule has 0 saturated carbocycles. The SMILES string of the molecule is CC(=O)OC[C@@H]1OC(C)[C@@H](OC(C)=O)[C@H]1OC(C)=O.CC(=O)OC[C@@H]1OC(OC(C)=O)[C@@H](OC(C)=O)[C@H]1OC(C)=O.CC(=O)OC[C@@H]1O[C@@H](OC(C)=O)[C@@H](OC(C)=O)[C@H]1OC(C)=O.C[C@@H]1O[C@@H](CO)[C@H](O)[C@@H]1O.OC[C@@H]1O[C@@H](O)[C@@H](O)[C@H]1O. The van der Waals surface area contributed by atoms with Crippen molar-refractivity contribution in [3.8, 4) is 0 Å². The topological polar surface area (TPSA) is 477 Å². The van der Waals surface area contributed by atoms with Crippen LogP contribution < -0.4 is 0 Å². The van der Waals surface area contributed by atoms with E-state index in [0.29, 0.717) is 0 Å². The predicted molar refractivity (Wildman–Crippen MR) is 262 cm³/mol. The molecule has 83 heavy (non-hydrogen) atoms. The Hall–Kier alpha value is -6.31. The van der Waals surface area contributed by atoms with Crippen LogP contribution in [0.2, 0.25) is 0 Å². The third kappa shape index (κ3) is 26.4. The number of hydrogen-bond donors (Lipinski definition) is 7. The molecule has 7 N–H and O–H groups in total. The zero-order valence-corrected chi connectivity index (χ0v) is 47.7. The molecular weight excluding hydrogens is 1130 g/mol. The summed E-state index contributed by atoms with van der Waals surface area (Å²) in [7, 11) is 0. The van der Waals surface area contributed by atoms with Crippen LogP contribution in [0, 0.1) is 0 Å². The maximum Gasteiger partial charge on any atom is 0.305 e. The Morgan fingerprint density at radius 1 is 0.301 bits per heavy atom. The molecule has 0 spiro atoms. The molecule has 5 aliphatic heterocycles. The predicted octanol–water partition coefficient (Wildman–Crippen LogP) is -4.49. The van der Waals surface area contributed by atoms with E-state index < -0.39 is 189 Å². The first-order valence-electron chi connectivity index (χ1n) is 25.2. The number of aliphatic hydroxyl groups excluding tert-OH is 7. The van der Waals surface area contributed by atoms with Gasteiger partial charge in [-0.2, -0.15) is 0 Å². The molecule has 20 atom stereocenters. The van der Waals surface area contributed by atoms with E-state index in [1.54, 1.807) is 13.8 Å². The molecule has 5 heterocycles. The van der Waals surface area contributed by atoms with E-state index in [1.807, 2.05) is 0 Å². The molecule has 0 aromatic rings. The molecule has 476 valence electrons. The van der Waals surface area contributed by atoms with Gasteiger partial charge >= 0.3 is 65.7 Å². The Balaban J connectivity index is 0.000000536. The van der Waals surface area contributed by atoms with Crippen molar-refractivity contribution in [2.45, 2.75) is 213 Å². The van der Waals surface area contributed by atoms with Gasteiger partial charge in [-0.1, -0.05) is 0 Å². The van der Waals surface area contributed by atoms with E-state index in [9.17, 15) is 52.7 Å². The van der Waals surface area contributed by atoms with Crippen LogP contribution in [0.1, 0.15) is 90.0 Å². The Bertz CT molecular complexity index is 2040. The summed E-state index contributed by atoms with van der Waals surface area (Å²) in [5.74, 6) is -6.59. The van der Waals surface area contributed by atoms with Crippen LogP contribution >= 0.6 is 0 Å². The first-order valence-corrected chi connectivity index (χ1v) is 25.2. The number of hydrogen-bond acceptors (Lipinski definition) is 34. The van der Waals surface area contributed by atoms with E-state index in [-0.39, 0.29) is 32.5 Å². The second-order valence-electron chi connectivity index (χ2n) is 18.3. The van der Waals surface area contributed by atoms with Crippen molar-refractivity contribution >= 4 is 65.7 Å². The average molecular weight is 1210 g/mol. The van der Waals surface area contributed by atoms with E-state index >= 15 is 0 Å². The fourth-order valence-electron chi connectivity index (χ4n) is 7.77. The Labute approximate surface area is 474 Å². The minimum atomic E-state index is -1.38. The normalized spacial score (nSPS) is 32.6. The summed E-state index contributed by atoms with van der Waals surface area (Å²) in [6.45, 7) is 15.2. The number of ether oxygens (including phenoxy) is 16. The summed E-state index contributed by atoms with van der Waals surface area (Å²) in [6.07, 6.45) is -18.9. The molecule has 0 aromatic heterocycles. The molecule has 0 aliphatic carbocycles. The first kappa shape index (κ1) is 74.7. The van der Waals surface area contributed by atoms with Crippen molar-refractivity contribution in [3.63, 3.8) is 0 Å². The van der Waals surface area contributed by atoms with Gasteiger partial charge in [0, 0.05) is 76.2 Å². The minimum Gasteiger partial charge on any atom is -0.463 e. The minimum absolute atomic E-state index is 0.0601. The Kier molecular flexibility index (Phi) is 32.8. The summed E-state index contributed by atoms with van der Waals surface area (Å²) >= 11 is 0. The highest BCUT2D eigenvalue weighted by atomic mass is 16.8. The van der Waals surface area contributed by atoms with Crippen LogP contribution in [-0.2, 0) is 129 Å². The number of rotatable bonds is 16. The van der Waals surface area contributed by atoms with Gasteiger partial charge in [0.15, 0.2) is 30.7 Å². The van der Waals surface area contributed by atoms with Gasteiger partial charge in [-0.15, -0.1) is 0 Å². The lowest BCUT2D eigenvalue weighted by atomic mass is 10.1. The lowest BCUT2D eigenvalue weighted by Gasteiger charge is -2.22. The fourth-order valence-corrected chi connectivity index (χ4v) is 7.77. The van der Waals surface area contributed by atoms with Crippen LogP contribution in [0.5, 0.6) is 0 Å². The third-order valence-corrected chi connectivity index (χ3v) is 11.1. The van der Waals surface area contributed by atoms with Gasteiger partial charge < -0.3 is 112 Å². The summed E-state index contributed by atoms with van der Waals surface area (Å²) in [4.78, 5) is 122. The quantitative estimate of drug-likeness (QED) is 0.0566. The number of esters is 11. The van der Waals surface area contributed by atoms with E-state index in [4.69, 9.17) is 107 Å².